The highest BCUT2D eigenvalue weighted by atomic mass is 16.4. The SMILES string of the molecule is Cc1ccc(-c2nnc(CN3CCN(C(=O)C(C)O)CC3)o2)cc1. The Hall–Kier alpha value is -2.25. The van der Waals surface area contributed by atoms with Crippen LogP contribution in [0.25, 0.3) is 11.5 Å². The van der Waals surface area contributed by atoms with E-state index in [1.165, 1.54) is 12.5 Å². The molecule has 3 rings (SSSR count). The molecule has 2 aromatic rings. The first-order valence-electron chi connectivity index (χ1n) is 8.11. The van der Waals surface area contributed by atoms with Crippen LogP contribution in [-0.4, -0.2) is 63.3 Å². The van der Waals surface area contributed by atoms with E-state index in [-0.39, 0.29) is 5.91 Å². The maximum Gasteiger partial charge on any atom is 0.251 e. The number of nitrogens with zero attached hydrogens (tertiary/aromatic N) is 4. The van der Waals surface area contributed by atoms with Crippen molar-refractivity contribution in [3.63, 3.8) is 0 Å². The first-order valence-corrected chi connectivity index (χ1v) is 8.11. The normalized spacial score (nSPS) is 17.0. The van der Waals surface area contributed by atoms with Gasteiger partial charge in [-0.2, -0.15) is 0 Å². The van der Waals surface area contributed by atoms with Gasteiger partial charge in [0.1, 0.15) is 6.10 Å². The zero-order valence-electron chi connectivity index (χ0n) is 14.0. The highest BCUT2D eigenvalue weighted by molar-refractivity contribution is 5.80. The van der Waals surface area contributed by atoms with E-state index >= 15 is 0 Å². The molecule has 1 fully saturated rings. The topological polar surface area (TPSA) is 82.7 Å². The molecule has 1 atom stereocenters. The molecular weight excluding hydrogens is 308 g/mol. The van der Waals surface area contributed by atoms with Gasteiger partial charge in [-0.15, -0.1) is 10.2 Å². The summed E-state index contributed by atoms with van der Waals surface area (Å²) in [6, 6.07) is 7.95. The lowest BCUT2D eigenvalue weighted by Crippen LogP contribution is -2.50. The van der Waals surface area contributed by atoms with Gasteiger partial charge in [0.05, 0.1) is 6.54 Å². The Morgan fingerprint density at radius 2 is 1.88 bits per heavy atom. The van der Waals surface area contributed by atoms with E-state index < -0.39 is 6.10 Å². The number of aliphatic hydroxyl groups is 1. The van der Waals surface area contributed by atoms with E-state index in [0.29, 0.717) is 31.4 Å². The number of hydrogen-bond acceptors (Lipinski definition) is 6. The second-order valence-corrected chi connectivity index (χ2v) is 6.14. The van der Waals surface area contributed by atoms with Gasteiger partial charge in [0, 0.05) is 31.7 Å². The summed E-state index contributed by atoms with van der Waals surface area (Å²) in [5.74, 6) is 0.878. The molecule has 1 aliphatic rings. The van der Waals surface area contributed by atoms with Crippen LogP contribution in [0.1, 0.15) is 18.4 Å². The lowest BCUT2D eigenvalue weighted by atomic mass is 10.1. The smallest absolute Gasteiger partial charge is 0.251 e. The highest BCUT2D eigenvalue weighted by Gasteiger charge is 2.24. The van der Waals surface area contributed by atoms with E-state index in [1.807, 2.05) is 31.2 Å². The number of aryl methyl sites for hydroxylation is 1. The summed E-state index contributed by atoms with van der Waals surface area (Å²) in [6.45, 7) is 6.74. The van der Waals surface area contributed by atoms with E-state index in [4.69, 9.17) is 4.42 Å². The van der Waals surface area contributed by atoms with E-state index in [1.54, 1.807) is 4.90 Å². The van der Waals surface area contributed by atoms with Crippen LogP contribution in [0.3, 0.4) is 0 Å². The number of benzene rings is 1. The minimum absolute atomic E-state index is 0.214. The second-order valence-electron chi connectivity index (χ2n) is 6.14. The number of amides is 1. The molecule has 0 saturated carbocycles. The van der Waals surface area contributed by atoms with Crippen LogP contribution in [0.2, 0.25) is 0 Å². The third-order valence-electron chi connectivity index (χ3n) is 4.17. The molecular formula is C17H22N4O3. The number of rotatable bonds is 4. The maximum atomic E-state index is 11.8. The molecule has 0 bridgehead atoms. The third-order valence-corrected chi connectivity index (χ3v) is 4.17. The summed E-state index contributed by atoms with van der Waals surface area (Å²) >= 11 is 0. The molecule has 24 heavy (non-hydrogen) atoms. The number of aromatic nitrogens is 2. The first-order chi connectivity index (χ1) is 11.5. The number of hydrogen-bond donors (Lipinski definition) is 1. The molecule has 7 heteroatoms. The molecule has 1 aromatic heterocycles. The Morgan fingerprint density at radius 3 is 2.50 bits per heavy atom. The van der Waals surface area contributed by atoms with E-state index in [0.717, 1.165) is 18.7 Å². The van der Waals surface area contributed by atoms with Gasteiger partial charge in [-0.1, -0.05) is 17.7 Å². The molecule has 128 valence electrons. The second kappa shape index (κ2) is 7.11. The fourth-order valence-electron chi connectivity index (χ4n) is 2.71. The Labute approximate surface area is 140 Å². The maximum absolute atomic E-state index is 11.8. The zero-order chi connectivity index (χ0) is 17.1. The standard InChI is InChI=1S/C17H22N4O3/c1-12-3-5-14(6-4-12)16-19-18-15(24-16)11-20-7-9-21(10-8-20)17(23)13(2)22/h3-6,13,22H,7-11H2,1-2H3. The molecule has 2 heterocycles. The summed E-state index contributed by atoms with van der Waals surface area (Å²) in [4.78, 5) is 15.6. The fraction of sp³-hybridized carbons (Fsp3) is 0.471. The van der Waals surface area contributed by atoms with Crippen molar-refractivity contribution in [2.75, 3.05) is 26.2 Å². The van der Waals surface area contributed by atoms with Crippen molar-refractivity contribution in [3.05, 3.63) is 35.7 Å². The molecule has 1 amide bonds. The van der Waals surface area contributed by atoms with Gasteiger partial charge in [0.25, 0.3) is 5.91 Å². The summed E-state index contributed by atoms with van der Waals surface area (Å²) in [5, 5.41) is 17.6. The van der Waals surface area contributed by atoms with Crippen molar-refractivity contribution in [3.8, 4) is 11.5 Å². The van der Waals surface area contributed by atoms with Crippen molar-refractivity contribution < 1.29 is 14.3 Å². The van der Waals surface area contributed by atoms with Crippen molar-refractivity contribution in [1.82, 2.24) is 20.0 Å². The number of piperazine rings is 1. The van der Waals surface area contributed by atoms with Crippen molar-refractivity contribution in [2.24, 2.45) is 0 Å². The summed E-state index contributed by atoms with van der Waals surface area (Å²) in [6.07, 6.45) is -0.940. The average molecular weight is 330 g/mol. The van der Waals surface area contributed by atoms with Crippen LogP contribution >= 0.6 is 0 Å². The average Bonchev–Trinajstić information content (AvgIpc) is 3.04. The monoisotopic (exact) mass is 330 g/mol. The lowest BCUT2D eigenvalue weighted by molar-refractivity contribution is -0.141. The number of carbonyl (C=O) groups is 1. The number of aliphatic hydroxyl groups excluding tert-OH is 1. The molecule has 0 spiro atoms. The van der Waals surface area contributed by atoms with Crippen molar-refractivity contribution in [2.45, 2.75) is 26.5 Å². The van der Waals surface area contributed by atoms with Crippen LogP contribution in [0.15, 0.2) is 28.7 Å². The van der Waals surface area contributed by atoms with Gasteiger partial charge in [-0.25, -0.2) is 0 Å². The minimum atomic E-state index is -0.940. The third kappa shape index (κ3) is 3.80. The largest absolute Gasteiger partial charge is 0.419 e. The molecule has 1 unspecified atom stereocenters. The zero-order valence-corrected chi connectivity index (χ0v) is 14.0. The molecule has 1 aromatic carbocycles. The molecule has 0 aliphatic carbocycles. The Kier molecular flexibility index (Phi) is 4.92. The van der Waals surface area contributed by atoms with Crippen LogP contribution in [0.4, 0.5) is 0 Å². The van der Waals surface area contributed by atoms with Gasteiger partial charge in [0.2, 0.25) is 11.8 Å². The van der Waals surface area contributed by atoms with Crippen LogP contribution in [0.5, 0.6) is 0 Å². The summed E-state index contributed by atoms with van der Waals surface area (Å²) in [7, 11) is 0. The lowest BCUT2D eigenvalue weighted by Gasteiger charge is -2.34. The van der Waals surface area contributed by atoms with E-state index in [2.05, 4.69) is 15.1 Å². The van der Waals surface area contributed by atoms with Gasteiger partial charge in [-0.05, 0) is 26.0 Å². The molecule has 7 nitrogen and oxygen atoms in total. The Morgan fingerprint density at radius 1 is 1.21 bits per heavy atom. The predicted molar refractivity (Wildman–Crippen MR) is 88.0 cm³/mol. The molecule has 1 saturated heterocycles. The molecule has 1 N–H and O–H groups in total. The molecule has 1 aliphatic heterocycles. The van der Waals surface area contributed by atoms with Gasteiger partial charge < -0.3 is 14.4 Å². The number of carbonyl (C=O) groups excluding carboxylic acids is 1. The van der Waals surface area contributed by atoms with E-state index in [9.17, 15) is 9.90 Å². The van der Waals surface area contributed by atoms with Crippen molar-refractivity contribution in [1.29, 1.82) is 0 Å². The summed E-state index contributed by atoms with van der Waals surface area (Å²) in [5.41, 5.74) is 2.09. The predicted octanol–water partition coefficient (Wildman–Crippen LogP) is 1.07. The quantitative estimate of drug-likeness (QED) is 0.903. The highest BCUT2D eigenvalue weighted by Crippen LogP contribution is 2.19. The van der Waals surface area contributed by atoms with Crippen molar-refractivity contribution >= 4 is 5.91 Å². The molecule has 0 radical (unpaired) electrons. The van der Waals surface area contributed by atoms with Crippen LogP contribution < -0.4 is 0 Å². The van der Waals surface area contributed by atoms with Crippen LogP contribution in [-0.2, 0) is 11.3 Å². The Bertz CT molecular complexity index is 688. The van der Waals surface area contributed by atoms with Gasteiger partial charge in [0.15, 0.2) is 0 Å². The fourth-order valence-corrected chi connectivity index (χ4v) is 2.71. The van der Waals surface area contributed by atoms with Crippen LogP contribution in [0, 0.1) is 6.92 Å². The summed E-state index contributed by atoms with van der Waals surface area (Å²) < 4.78 is 5.74. The Balaban J connectivity index is 1.56. The first kappa shape index (κ1) is 16.6. The van der Waals surface area contributed by atoms with Gasteiger partial charge >= 0.3 is 0 Å². The van der Waals surface area contributed by atoms with Gasteiger partial charge in [-0.3, -0.25) is 9.69 Å². The minimum Gasteiger partial charge on any atom is -0.419 e.